The Balaban J connectivity index is 1.79. The number of amidine groups is 1. The van der Waals surface area contributed by atoms with Gasteiger partial charge in [-0.3, -0.25) is 9.48 Å². The van der Waals surface area contributed by atoms with Crippen LogP contribution in [0.1, 0.15) is 24.4 Å². The molecule has 34 heavy (non-hydrogen) atoms. The highest BCUT2D eigenvalue weighted by Gasteiger charge is 2.43. The maximum atomic E-state index is 12.6. The summed E-state index contributed by atoms with van der Waals surface area (Å²) in [6, 6.07) is 1.46. The number of piperidine rings is 1. The van der Waals surface area contributed by atoms with Crippen molar-refractivity contribution in [2.24, 2.45) is 10.8 Å². The summed E-state index contributed by atoms with van der Waals surface area (Å²) in [7, 11) is 0. The van der Waals surface area contributed by atoms with Crippen molar-refractivity contribution in [3.63, 3.8) is 0 Å². The molecule has 2 aromatic heterocycles. The number of anilines is 1. The first-order chi connectivity index (χ1) is 16.0. The maximum Gasteiger partial charge on any atom is 0.471 e. The first kappa shape index (κ1) is 25.2. The van der Waals surface area contributed by atoms with E-state index < -0.39 is 12.1 Å². The fourth-order valence-electron chi connectivity index (χ4n) is 3.44. The molecular formula is C20H21ClF4N8O. The monoisotopic (exact) mass is 500 g/mol. The third-order valence-electron chi connectivity index (χ3n) is 5.23. The van der Waals surface area contributed by atoms with E-state index in [1.54, 1.807) is 23.1 Å². The van der Waals surface area contributed by atoms with Gasteiger partial charge in [-0.05, 0) is 18.9 Å². The van der Waals surface area contributed by atoms with Crippen LogP contribution in [0, 0.1) is 0 Å². The first-order valence-corrected chi connectivity index (χ1v) is 10.3. The summed E-state index contributed by atoms with van der Waals surface area (Å²) in [5.41, 5.74) is 9.76. The summed E-state index contributed by atoms with van der Waals surface area (Å²) in [5.74, 6) is 3.84. The quantitative estimate of drug-likeness (QED) is 0.145. The number of aromatic nitrogens is 3. The van der Waals surface area contributed by atoms with Gasteiger partial charge in [0.1, 0.15) is 12.1 Å². The number of nitrogens with two attached hydrogens (primary N) is 2. The van der Waals surface area contributed by atoms with Crippen LogP contribution >= 0.6 is 11.6 Å². The molecule has 1 fully saturated rings. The van der Waals surface area contributed by atoms with Gasteiger partial charge in [-0.2, -0.15) is 18.3 Å². The second kappa shape index (κ2) is 10.2. The molecule has 1 aliphatic rings. The number of nitrogens with zero attached hydrogens (tertiary/aromatic N) is 5. The number of rotatable bonds is 5. The van der Waals surface area contributed by atoms with Crippen LogP contribution in [-0.4, -0.2) is 50.7 Å². The van der Waals surface area contributed by atoms with Crippen LogP contribution in [0.5, 0.6) is 0 Å². The van der Waals surface area contributed by atoms with E-state index in [1.807, 2.05) is 0 Å². The second-order valence-electron chi connectivity index (χ2n) is 7.40. The molecule has 3 rings (SSSR count). The lowest BCUT2D eigenvalue weighted by atomic mass is 10.0. The topological polar surface area (TPSA) is 127 Å². The molecule has 0 spiro atoms. The molecule has 182 valence electrons. The Kier molecular flexibility index (Phi) is 7.57. The Morgan fingerprint density at radius 3 is 2.56 bits per heavy atom. The number of nitrogens with one attached hydrogen (secondary N) is 1. The molecule has 1 aliphatic heterocycles. The number of carbonyl (C=O) groups excluding carboxylic acids is 1. The zero-order valence-corrected chi connectivity index (χ0v) is 18.4. The smallest absolute Gasteiger partial charge is 0.383 e. The van der Waals surface area contributed by atoms with Gasteiger partial charge in [0.25, 0.3) is 0 Å². The normalized spacial score (nSPS) is 16.0. The van der Waals surface area contributed by atoms with Crippen LogP contribution in [0.25, 0.3) is 11.1 Å². The van der Waals surface area contributed by atoms with Crippen LogP contribution in [0.2, 0.25) is 0 Å². The Bertz CT molecular complexity index is 1140. The molecule has 5 N–H and O–H groups in total. The summed E-state index contributed by atoms with van der Waals surface area (Å²) in [4.78, 5) is 20.4. The summed E-state index contributed by atoms with van der Waals surface area (Å²) >= 11 is 5.67. The molecule has 0 saturated carbocycles. The van der Waals surface area contributed by atoms with Crippen LogP contribution in [0.15, 0.2) is 53.3 Å². The largest absolute Gasteiger partial charge is 0.471 e. The summed E-state index contributed by atoms with van der Waals surface area (Å²) in [6.45, 7) is 3.51. The molecule has 3 heterocycles. The van der Waals surface area contributed by atoms with Crippen LogP contribution in [0.3, 0.4) is 0 Å². The number of aliphatic imine (C=N–C) groups is 1. The van der Waals surface area contributed by atoms with E-state index in [9.17, 15) is 22.4 Å². The van der Waals surface area contributed by atoms with Gasteiger partial charge in [-0.25, -0.2) is 20.2 Å². The molecule has 0 bridgehead atoms. The maximum absolute atomic E-state index is 12.6. The molecule has 9 nitrogen and oxygen atoms in total. The number of hydrogen-bond acceptors (Lipinski definition) is 6. The minimum atomic E-state index is -4.88. The van der Waals surface area contributed by atoms with Gasteiger partial charge in [-0.1, -0.05) is 18.2 Å². The van der Waals surface area contributed by atoms with Gasteiger partial charge >= 0.3 is 12.1 Å². The summed E-state index contributed by atoms with van der Waals surface area (Å²) in [6.07, 6.45) is 0.696. The van der Waals surface area contributed by atoms with E-state index in [2.05, 4.69) is 27.1 Å². The second-order valence-corrected chi connectivity index (χ2v) is 7.80. The molecule has 2 aromatic rings. The standard InChI is InChI=1S/C20H21ClF4N8O/c1-11(16(21)7-22)30-18(31-27)15-6-12(8-28-17(15)26)13-9-29-33(10-13)14-2-4-32(5-3-14)19(34)20(23,24)25/h6-10,14H,1-5,27H2,(H2,26,28)(H,30,31)/b16-7-. The van der Waals surface area contributed by atoms with Crippen molar-refractivity contribution in [1.29, 1.82) is 0 Å². The molecule has 14 heteroatoms. The molecule has 0 unspecified atom stereocenters. The SMILES string of the molecule is C=C(N=C(NN)c1cc(-c2cnn(C3CCN(C(=O)C(F)(F)F)CC3)c2)cnc1N)/C(Cl)=C/F. The lowest BCUT2D eigenvalue weighted by Gasteiger charge is -2.32. The van der Waals surface area contributed by atoms with Crippen molar-refractivity contribution >= 4 is 29.2 Å². The van der Waals surface area contributed by atoms with Crippen LogP contribution in [0.4, 0.5) is 23.4 Å². The molecule has 0 radical (unpaired) electrons. The predicted molar refractivity (Wildman–Crippen MR) is 119 cm³/mol. The van der Waals surface area contributed by atoms with E-state index in [-0.39, 0.29) is 47.8 Å². The van der Waals surface area contributed by atoms with Crippen molar-refractivity contribution < 1.29 is 22.4 Å². The number of amides is 1. The van der Waals surface area contributed by atoms with Gasteiger partial charge in [-0.15, -0.1) is 0 Å². The fraction of sp³-hybridized carbons (Fsp3) is 0.300. The summed E-state index contributed by atoms with van der Waals surface area (Å²) in [5, 5.41) is 4.00. The van der Waals surface area contributed by atoms with Gasteiger partial charge in [0, 0.05) is 36.6 Å². The average molecular weight is 501 g/mol. The lowest BCUT2D eigenvalue weighted by molar-refractivity contribution is -0.186. The lowest BCUT2D eigenvalue weighted by Crippen LogP contribution is -2.45. The highest BCUT2D eigenvalue weighted by Crippen LogP contribution is 2.29. The van der Waals surface area contributed by atoms with Gasteiger partial charge in [0.15, 0.2) is 5.84 Å². The van der Waals surface area contributed by atoms with Gasteiger partial charge in [0.2, 0.25) is 0 Å². The highest BCUT2D eigenvalue weighted by molar-refractivity contribution is 6.31. The highest BCUT2D eigenvalue weighted by atomic mass is 35.5. The Hall–Kier alpha value is -3.45. The number of pyridine rings is 1. The minimum Gasteiger partial charge on any atom is -0.383 e. The van der Waals surface area contributed by atoms with E-state index in [4.69, 9.17) is 23.2 Å². The van der Waals surface area contributed by atoms with Crippen molar-refractivity contribution in [1.82, 2.24) is 25.1 Å². The first-order valence-electron chi connectivity index (χ1n) is 9.92. The Morgan fingerprint density at radius 2 is 1.97 bits per heavy atom. The van der Waals surface area contributed by atoms with Crippen molar-refractivity contribution in [2.75, 3.05) is 18.8 Å². The number of nitrogen functional groups attached to an aromatic ring is 1. The molecule has 1 saturated heterocycles. The number of hydrogen-bond donors (Lipinski definition) is 3. The van der Waals surface area contributed by atoms with Crippen molar-refractivity contribution in [2.45, 2.75) is 25.1 Å². The van der Waals surface area contributed by atoms with E-state index in [1.165, 1.54) is 6.20 Å². The third kappa shape index (κ3) is 5.54. The van der Waals surface area contributed by atoms with Gasteiger partial charge < -0.3 is 16.1 Å². The number of halogens is 5. The molecule has 0 atom stereocenters. The molecular weight excluding hydrogens is 480 g/mol. The average Bonchev–Trinajstić information content (AvgIpc) is 3.31. The van der Waals surface area contributed by atoms with Gasteiger partial charge in [0.05, 0.1) is 28.5 Å². The van der Waals surface area contributed by atoms with Crippen LogP contribution in [-0.2, 0) is 4.79 Å². The number of alkyl halides is 3. The van der Waals surface area contributed by atoms with Crippen molar-refractivity contribution in [3.8, 4) is 11.1 Å². The zero-order valence-electron chi connectivity index (χ0n) is 17.7. The van der Waals surface area contributed by atoms with E-state index >= 15 is 0 Å². The zero-order chi connectivity index (χ0) is 25.0. The molecule has 0 aliphatic carbocycles. The van der Waals surface area contributed by atoms with Crippen molar-refractivity contribution in [3.05, 3.63) is 53.9 Å². The number of hydrazine groups is 1. The Morgan fingerprint density at radius 1 is 1.29 bits per heavy atom. The fourth-order valence-corrected chi connectivity index (χ4v) is 3.49. The van der Waals surface area contributed by atoms with E-state index in [0.717, 1.165) is 4.90 Å². The molecule has 0 aromatic carbocycles. The predicted octanol–water partition coefficient (Wildman–Crippen LogP) is 3.03. The number of allylic oxidation sites excluding steroid dienone is 1. The Labute approximate surface area is 196 Å². The third-order valence-corrected chi connectivity index (χ3v) is 5.53. The summed E-state index contributed by atoms with van der Waals surface area (Å²) < 4.78 is 52.2. The van der Waals surface area contributed by atoms with Crippen LogP contribution < -0.4 is 17.0 Å². The molecule has 1 amide bonds. The number of likely N-dealkylation sites (tertiary alicyclic amines) is 1. The number of carbonyl (C=O) groups is 1. The van der Waals surface area contributed by atoms with E-state index in [0.29, 0.717) is 29.5 Å². The minimum absolute atomic E-state index is 0.0203.